The van der Waals surface area contributed by atoms with Crippen LogP contribution < -0.4 is 10.0 Å². The zero-order valence-electron chi connectivity index (χ0n) is 17.8. The number of carbonyl (C=O) groups excluding carboxylic acids is 1. The van der Waals surface area contributed by atoms with Gasteiger partial charge in [0, 0.05) is 30.5 Å². The van der Waals surface area contributed by atoms with Crippen LogP contribution in [0.15, 0.2) is 24.3 Å². The predicted octanol–water partition coefficient (Wildman–Crippen LogP) is 2.06. The lowest BCUT2D eigenvalue weighted by atomic mass is 10.1. The van der Waals surface area contributed by atoms with Crippen molar-refractivity contribution in [2.75, 3.05) is 31.2 Å². The number of piperidine rings is 1. The topological polar surface area (TPSA) is 107 Å². The van der Waals surface area contributed by atoms with Crippen molar-refractivity contribution in [1.29, 1.82) is 5.26 Å². The van der Waals surface area contributed by atoms with Gasteiger partial charge in [0.05, 0.1) is 18.4 Å². The van der Waals surface area contributed by atoms with Crippen molar-refractivity contribution >= 4 is 21.7 Å². The first-order valence-electron chi connectivity index (χ1n) is 9.96. The molecule has 1 aliphatic heterocycles. The van der Waals surface area contributed by atoms with Crippen molar-refractivity contribution in [2.24, 2.45) is 0 Å². The number of hydrogen-bond acceptors (Lipinski definition) is 5. The normalized spacial score (nSPS) is 15.6. The zero-order chi connectivity index (χ0) is 22.8. The number of likely N-dealkylation sites (tertiary alicyclic amines) is 1. The molecule has 0 bridgehead atoms. The third-order valence-electron chi connectivity index (χ3n) is 5.50. The van der Waals surface area contributed by atoms with E-state index in [-0.39, 0.29) is 24.3 Å². The molecule has 2 N–H and O–H groups in total. The van der Waals surface area contributed by atoms with E-state index in [0.717, 1.165) is 17.5 Å². The highest BCUT2D eigenvalue weighted by Gasteiger charge is 2.25. The lowest BCUT2D eigenvalue weighted by molar-refractivity contribution is -0.117. The largest absolute Gasteiger partial charge is 0.310 e. The lowest BCUT2D eigenvalue weighted by Crippen LogP contribution is -2.46. The van der Waals surface area contributed by atoms with E-state index in [1.807, 2.05) is 18.7 Å². The van der Waals surface area contributed by atoms with E-state index < -0.39 is 10.0 Å². The van der Waals surface area contributed by atoms with E-state index in [9.17, 15) is 22.9 Å². The number of nitrogens with zero attached hydrogens (tertiary/aromatic N) is 3. The molecule has 2 aromatic rings. The molecule has 31 heavy (non-hydrogen) atoms. The van der Waals surface area contributed by atoms with Gasteiger partial charge in [-0.05, 0) is 56.5 Å². The minimum Gasteiger partial charge on any atom is -0.310 e. The molecule has 1 aliphatic rings. The van der Waals surface area contributed by atoms with E-state index in [2.05, 4.69) is 16.1 Å². The quantitative estimate of drug-likeness (QED) is 0.705. The number of benzene rings is 1. The Morgan fingerprint density at radius 3 is 2.39 bits per heavy atom. The molecule has 0 atom stereocenters. The smallest absolute Gasteiger partial charge is 0.239 e. The number of aromatic nitrogens is 1. The van der Waals surface area contributed by atoms with Gasteiger partial charge in [0.25, 0.3) is 0 Å². The Morgan fingerprint density at radius 2 is 1.84 bits per heavy atom. The molecule has 166 valence electrons. The van der Waals surface area contributed by atoms with Crippen LogP contribution in [-0.4, -0.2) is 55.7 Å². The van der Waals surface area contributed by atoms with E-state index in [0.29, 0.717) is 43.0 Å². The number of nitriles is 1. The standard InChI is InChI=1S/C21H26FN5O3S/c1-14-15(2)27(18-6-4-16(22)5-7-18)21(19(14)12-23)24-20(28)13-26-10-8-17(9-11-26)25-31(3,29)30/h4-7,17,25H,8-11,13H2,1-3H3,(H,24,28). The van der Waals surface area contributed by atoms with Gasteiger partial charge in [0.2, 0.25) is 15.9 Å². The molecule has 1 aromatic heterocycles. The fourth-order valence-electron chi connectivity index (χ4n) is 3.86. The number of nitrogens with one attached hydrogen (secondary N) is 2. The van der Waals surface area contributed by atoms with E-state index >= 15 is 0 Å². The average molecular weight is 448 g/mol. The Morgan fingerprint density at radius 1 is 1.23 bits per heavy atom. The fourth-order valence-corrected chi connectivity index (χ4v) is 4.70. The Labute approximate surface area is 181 Å². The van der Waals surface area contributed by atoms with Crippen molar-refractivity contribution in [3.63, 3.8) is 0 Å². The highest BCUT2D eigenvalue weighted by Crippen LogP contribution is 2.30. The van der Waals surface area contributed by atoms with E-state index in [4.69, 9.17) is 0 Å². The summed E-state index contributed by atoms with van der Waals surface area (Å²) in [4.78, 5) is 14.7. The SMILES string of the molecule is Cc1c(C#N)c(NC(=O)CN2CCC(NS(C)(=O)=O)CC2)n(-c2ccc(F)cc2)c1C. The van der Waals surface area contributed by atoms with Crippen LogP contribution in [0.2, 0.25) is 0 Å². The molecule has 10 heteroatoms. The van der Waals surface area contributed by atoms with Gasteiger partial charge >= 0.3 is 0 Å². The first-order chi connectivity index (χ1) is 14.6. The lowest BCUT2D eigenvalue weighted by Gasteiger charge is -2.31. The number of amides is 1. The van der Waals surface area contributed by atoms with E-state index in [1.54, 1.807) is 16.7 Å². The Kier molecular flexibility index (Phi) is 6.79. The highest BCUT2D eigenvalue weighted by molar-refractivity contribution is 7.88. The van der Waals surface area contributed by atoms with Crippen molar-refractivity contribution < 1.29 is 17.6 Å². The van der Waals surface area contributed by atoms with Crippen molar-refractivity contribution in [3.05, 3.63) is 46.9 Å². The average Bonchev–Trinajstić information content (AvgIpc) is 2.92. The molecule has 0 aliphatic carbocycles. The fraction of sp³-hybridized carbons (Fsp3) is 0.429. The molecule has 3 rings (SSSR count). The first kappa shape index (κ1) is 22.9. The van der Waals surface area contributed by atoms with Crippen LogP contribution >= 0.6 is 0 Å². The molecule has 2 heterocycles. The summed E-state index contributed by atoms with van der Waals surface area (Å²) in [6.45, 7) is 4.95. The van der Waals surface area contributed by atoms with Gasteiger partial charge < -0.3 is 5.32 Å². The number of hydrogen-bond donors (Lipinski definition) is 2. The molecule has 1 amide bonds. The Balaban J connectivity index is 1.74. The molecule has 8 nitrogen and oxygen atoms in total. The van der Waals surface area contributed by atoms with Crippen molar-refractivity contribution in [3.8, 4) is 11.8 Å². The molecule has 0 spiro atoms. The van der Waals surface area contributed by atoms with Crippen molar-refractivity contribution in [2.45, 2.75) is 32.7 Å². The summed E-state index contributed by atoms with van der Waals surface area (Å²) in [6, 6.07) is 7.88. The predicted molar refractivity (Wildman–Crippen MR) is 116 cm³/mol. The van der Waals surface area contributed by atoms with Gasteiger partial charge in [-0.1, -0.05) is 0 Å². The molecule has 1 aromatic carbocycles. The van der Waals surface area contributed by atoms with Crippen LogP contribution in [0.25, 0.3) is 5.69 Å². The van der Waals surface area contributed by atoms with Gasteiger partial charge in [-0.3, -0.25) is 14.3 Å². The zero-order valence-corrected chi connectivity index (χ0v) is 18.6. The van der Waals surface area contributed by atoms with Crippen LogP contribution in [0.3, 0.4) is 0 Å². The van der Waals surface area contributed by atoms with E-state index in [1.165, 1.54) is 12.1 Å². The summed E-state index contributed by atoms with van der Waals surface area (Å²) in [7, 11) is -3.25. The summed E-state index contributed by atoms with van der Waals surface area (Å²) in [5, 5.41) is 12.5. The Hall–Kier alpha value is -2.74. The summed E-state index contributed by atoms with van der Waals surface area (Å²) in [5.41, 5.74) is 2.54. The molecule has 1 saturated heterocycles. The summed E-state index contributed by atoms with van der Waals surface area (Å²) >= 11 is 0. The highest BCUT2D eigenvalue weighted by atomic mass is 32.2. The maximum absolute atomic E-state index is 13.4. The molecular formula is C21H26FN5O3S. The van der Waals surface area contributed by atoms with Crippen LogP contribution in [0.5, 0.6) is 0 Å². The van der Waals surface area contributed by atoms with Crippen LogP contribution in [0.4, 0.5) is 10.2 Å². The van der Waals surface area contributed by atoms with Crippen LogP contribution in [-0.2, 0) is 14.8 Å². The van der Waals surface area contributed by atoms with Gasteiger partial charge in [-0.15, -0.1) is 0 Å². The van der Waals surface area contributed by atoms with Crippen molar-refractivity contribution in [1.82, 2.24) is 14.2 Å². The maximum atomic E-state index is 13.4. The number of carbonyl (C=O) groups is 1. The second-order valence-electron chi connectivity index (χ2n) is 7.85. The molecule has 0 unspecified atom stereocenters. The summed E-state index contributed by atoms with van der Waals surface area (Å²) in [5.74, 6) is -0.278. The molecular weight excluding hydrogens is 421 g/mol. The molecule has 0 radical (unpaired) electrons. The van der Waals surface area contributed by atoms with Gasteiger partial charge in [0.15, 0.2) is 0 Å². The number of anilines is 1. The molecule has 0 saturated carbocycles. The monoisotopic (exact) mass is 447 g/mol. The van der Waals surface area contributed by atoms with Gasteiger partial charge in [-0.25, -0.2) is 17.5 Å². The second-order valence-corrected chi connectivity index (χ2v) is 9.63. The molecule has 1 fully saturated rings. The summed E-state index contributed by atoms with van der Waals surface area (Å²) in [6.07, 6.45) is 2.38. The maximum Gasteiger partial charge on any atom is 0.239 e. The number of rotatable bonds is 6. The number of sulfonamides is 1. The first-order valence-corrected chi connectivity index (χ1v) is 11.9. The third kappa shape index (κ3) is 5.50. The van der Waals surface area contributed by atoms with Crippen LogP contribution in [0.1, 0.15) is 29.7 Å². The van der Waals surface area contributed by atoms with Gasteiger partial charge in [-0.2, -0.15) is 5.26 Å². The third-order valence-corrected chi connectivity index (χ3v) is 6.26. The second kappa shape index (κ2) is 9.18. The van der Waals surface area contributed by atoms with Crippen LogP contribution in [0, 0.1) is 31.0 Å². The number of halogens is 1. The minimum absolute atomic E-state index is 0.125. The Bertz CT molecular complexity index is 1110. The summed E-state index contributed by atoms with van der Waals surface area (Å²) < 4.78 is 40.5. The minimum atomic E-state index is -3.25. The van der Waals surface area contributed by atoms with Gasteiger partial charge in [0.1, 0.15) is 17.7 Å².